The van der Waals surface area contributed by atoms with E-state index in [9.17, 15) is 14.4 Å². The molecule has 1 aromatic carbocycles. The van der Waals surface area contributed by atoms with Crippen molar-refractivity contribution in [3.8, 4) is 11.3 Å². The first-order valence-electron chi connectivity index (χ1n) is 12.5. The van der Waals surface area contributed by atoms with Crippen LogP contribution in [0.4, 0.5) is 5.13 Å². The van der Waals surface area contributed by atoms with E-state index in [-0.39, 0.29) is 30.1 Å². The van der Waals surface area contributed by atoms with Crippen molar-refractivity contribution in [3.63, 3.8) is 0 Å². The van der Waals surface area contributed by atoms with Crippen LogP contribution in [0.3, 0.4) is 0 Å². The number of nitrogens with one attached hydrogen (secondary N) is 2. The summed E-state index contributed by atoms with van der Waals surface area (Å²) in [6, 6.07) is 7.76. The summed E-state index contributed by atoms with van der Waals surface area (Å²) in [5.74, 6) is -0.380. The first kappa shape index (κ1) is 29.0. The second kappa shape index (κ2) is 14.4. The maximum absolute atomic E-state index is 12.5. The summed E-state index contributed by atoms with van der Waals surface area (Å²) in [7, 11) is 1.83. The lowest BCUT2D eigenvalue weighted by molar-refractivity contribution is -0.121. The number of anilines is 1. The largest absolute Gasteiger partial charge is 0.402 e. The Morgan fingerprint density at radius 1 is 1.14 bits per heavy atom. The molecule has 2 aromatic heterocycles. The molecule has 0 spiro atoms. The Morgan fingerprint density at radius 2 is 1.89 bits per heavy atom. The third-order valence-corrected chi connectivity index (χ3v) is 6.60. The molecule has 1 atom stereocenters. The highest BCUT2D eigenvalue weighted by Crippen LogP contribution is 2.27. The number of Topliss-reactive ketones (excluding diaryl/α,β-unsaturated/α-hetero) is 1. The van der Waals surface area contributed by atoms with Crippen LogP contribution in [0.2, 0.25) is 6.82 Å². The van der Waals surface area contributed by atoms with Crippen molar-refractivity contribution in [2.24, 2.45) is 5.92 Å². The van der Waals surface area contributed by atoms with Crippen LogP contribution in [0.1, 0.15) is 62.5 Å². The molecule has 3 rings (SSSR count). The molecule has 36 heavy (non-hydrogen) atoms. The second-order valence-corrected chi connectivity index (χ2v) is 9.02. The van der Waals surface area contributed by atoms with E-state index in [1.54, 1.807) is 22.9 Å². The molecule has 1 radical (unpaired) electrons. The number of amides is 2. The van der Waals surface area contributed by atoms with E-state index in [4.69, 9.17) is 0 Å². The summed E-state index contributed by atoms with van der Waals surface area (Å²) in [6.45, 7) is 11.8. The zero-order valence-electron chi connectivity index (χ0n) is 22.1. The number of ketones is 1. The molecule has 7 nitrogen and oxygen atoms in total. The van der Waals surface area contributed by atoms with E-state index in [1.165, 1.54) is 11.3 Å². The number of hydrogen-bond acceptors (Lipinski definition) is 5. The van der Waals surface area contributed by atoms with Crippen LogP contribution in [0.15, 0.2) is 42.0 Å². The Bertz CT molecular complexity index is 1170. The molecule has 0 saturated heterocycles. The summed E-state index contributed by atoms with van der Waals surface area (Å²) in [6.07, 6.45) is 5.56. The topological polar surface area (TPSA) is 93.1 Å². The van der Waals surface area contributed by atoms with E-state index in [0.29, 0.717) is 17.1 Å². The Labute approximate surface area is 219 Å². The minimum Gasteiger partial charge on any atom is -0.402 e. The standard InChI is InChI=1S/C25H30BN4O3S.C2H6/c1-5-16(3)22(31)12-20-11-18(8-7-17(20)6-2)21-15-34-25(28-21)29-23(32)13-27-24(33)19-9-10-30(14-19)26-4;1-2/h7-11,14-16H,5-6,12-13H2,1-4H3,(H,27,33)(H,28,29,32);1-2H3. The SMILES string of the molecule is CC.C[B]n1ccc(C(=O)NCC(=O)Nc2nc(-c3ccc(CC)c(CC(=O)C(C)CC)c3)cs2)c1. The zero-order chi connectivity index (χ0) is 26.7. The van der Waals surface area contributed by atoms with Gasteiger partial charge in [0.2, 0.25) is 13.3 Å². The lowest BCUT2D eigenvalue weighted by atomic mass is 9.92. The lowest BCUT2D eigenvalue weighted by Gasteiger charge is -2.12. The molecule has 191 valence electrons. The Morgan fingerprint density at radius 3 is 2.53 bits per heavy atom. The molecule has 0 fully saturated rings. The maximum atomic E-state index is 12.5. The highest BCUT2D eigenvalue weighted by Gasteiger charge is 2.16. The molecule has 3 aromatic rings. The fourth-order valence-corrected chi connectivity index (χ4v) is 4.22. The Kier molecular flexibility index (Phi) is 11.6. The molecular weight excluding hydrogens is 471 g/mol. The summed E-state index contributed by atoms with van der Waals surface area (Å²) in [5, 5.41) is 7.68. The van der Waals surface area contributed by atoms with Gasteiger partial charge in [0.25, 0.3) is 5.91 Å². The lowest BCUT2D eigenvalue weighted by Crippen LogP contribution is -2.32. The molecule has 1 unspecified atom stereocenters. The van der Waals surface area contributed by atoms with Crippen molar-refractivity contribution in [1.82, 2.24) is 14.8 Å². The summed E-state index contributed by atoms with van der Waals surface area (Å²) in [5.41, 5.74) is 4.32. The number of aryl methyl sites for hydroxylation is 1. The van der Waals surface area contributed by atoms with Gasteiger partial charge in [-0.2, -0.15) is 0 Å². The fraction of sp³-hybridized carbons (Fsp3) is 0.407. The van der Waals surface area contributed by atoms with E-state index in [2.05, 4.69) is 22.5 Å². The van der Waals surface area contributed by atoms with Crippen LogP contribution >= 0.6 is 11.3 Å². The number of nitrogens with zero attached hydrogens (tertiary/aromatic N) is 2. The van der Waals surface area contributed by atoms with Crippen molar-refractivity contribution < 1.29 is 14.4 Å². The maximum Gasteiger partial charge on any atom is 0.253 e. The van der Waals surface area contributed by atoms with E-state index >= 15 is 0 Å². The van der Waals surface area contributed by atoms with Gasteiger partial charge in [-0.25, -0.2) is 4.98 Å². The normalized spacial score (nSPS) is 11.2. The number of rotatable bonds is 11. The van der Waals surface area contributed by atoms with Crippen LogP contribution in [-0.2, 0) is 22.4 Å². The molecule has 0 aliphatic rings. The highest BCUT2D eigenvalue weighted by atomic mass is 32.1. The third-order valence-electron chi connectivity index (χ3n) is 5.84. The molecule has 2 amide bonds. The molecule has 9 heteroatoms. The zero-order valence-corrected chi connectivity index (χ0v) is 22.9. The summed E-state index contributed by atoms with van der Waals surface area (Å²) >= 11 is 1.32. The van der Waals surface area contributed by atoms with Gasteiger partial charge in [-0.05, 0) is 42.3 Å². The van der Waals surface area contributed by atoms with E-state index in [1.807, 2.05) is 65.5 Å². The van der Waals surface area contributed by atoms with Crippen molar-refractivity contribution in [2.75, 3.05) is 11.9 Å². The van der Waals surface area contributed by atoms with Gasteiger partial charge in [0.05, 0.1) is 17.8 Å². The average Bonchev–Trinajstić information content (AvgIpc) is 3.58. The van der Waals surface area contributed by atoms with Gasteiger partial charge in [0.15, 0.2) is 5.13 Å². The molecule has 0 saturated carbocycles. The average molecular weight is 507 g/mol. The van der Waals surface area contributed by atoms with Crippen LogP contribution in [0.25, 0.3) is 11.3 Å². The van der Waals surface area contributed by atoms with Gasteiger partial charge in [-0.15, -0.1) is 11.3 Å². The number of thiazole rings is 1. The van der Waals surface area contributed by atoms with Crippen molar-refractivity contribution >= 4 is 41.5 Å². The van der Waals surface area contributed by atoms with Gasteiger partial charge in [0.1, 0.15) is 5.78 Å². The van der Waals surface area contributed by atoms with Crippen LogP contribution in [0, 0.1) is 5.92 Å². The molecule has 0 aliphatic carbocycles. The predicted octanol–water partition coefficient (Wildman–Crippen LogP) is 5.24. The number of carbonyl (C=O) groups excluding carboxylic acids is 3. The molecule has 0 bridgehead atoms. The number of hydrogen-bond donors (Lipinski definition) is 2. The minimum atomic E-state index is -0.350. The number of carbonyl (C=O) groups is 3. The highest BCUT2D eigenvalue weighted by molar-refractivity contribution is 7.14. The monoisotopic (exact) mass is 507 g/mol. The number of benzene rings is 1. The first-order valence-corrected chi connectivity index (χ1v) is 13.4. The van der Waals surface area contributed by atoms with Crippen LogP contribution in [-0.4, -0.2) is 41.0 Å². The van der Waals surface area contributed by atoms with Crippen LogP contribution in [0.5, 0.6) is 0 Å². The number of aromatic nitrogens is 2. The Hall–Kier alpha value is -3.20. The van der Waals surface area contributed by atoms with Gasteiger partial charge in [-0.1, -0.05) is 53.6 Å². The van der Waals surface area contributed by atoms with Crippen molar-refractivity contribution in [3.05, 3.63) is 58.7 Å². The molecule has 2 N–H and O–H groups in total. The Balaban J connectivity index is 0.00000222. The quantitative estimate of drug-likeness (QED) is 0.347. The van der Waals surface area contributed by atoms with E-state index < -0.39 is 0 Å². The van der Waals surface area contributed by atoms with Gasteiger partial charge >= 0.3 is 0 Å². The van der Waals surface area contributed by atoms with Gasteiger partial charge in [-0.3, -0.25) is 14.4 Å². The second-order valence-electron chi connectivity index (χ2n) is 8.16. The smallest absolute Gasteiger partial charge is 0.253 e. The van der Waals surface area contributed by atoms with Crippen molar-refractivity contribution in [1.29, 1.82) is 0 Å². The summed E-state index contributed by atoms with van der Waals surface area (Å²) in [4.78, 5) is 41.5. The molecule has 0 aliphatic heterocycles. The molecule has 2 heterocycles. The first-order chi connectivity index (χ1) is 17.3. The third kappa shape index (κ3) is 7.91. The van der Waals surface area contributed by atoms with Gasteiger partial charge in [0, 0.05) is 29.5 Å². The predicted molar refractivity (Wildman–Crippen MR) is 149 cm³/mol. The minimum absolute atomic E-state index is 0.0415. The van der Waals surface area contributed by atoms with Crippen LogP contribution < -0.4 is 10.6 Å². The fourth-order valence-electron chi connectivity index (χ4n) is 3.48. The summed E-state index contributed by atoms with van der Waals surface area (Å²) < 4.78 is 1.77. The van der Waals surface area contributed by atoms with Gasteiger partial charge < -0.3 is 15.1 Å². The van der Waals surface area contributed by atoms with Crippen molar-refractivity contribution in [2.45, 2.75) is 60.7 Å². The molecular formula is C27H36BN4O3S. The van der Waals surface area contributed by atoms with E-state index in [0.717, 1.165) is 35.2 Å².